The van der Waals surface area contributed by atoms with E-state index in [1.165, 1.54) is 12.0 Å². The molecule has 10 nitrogen and oxygen atoms in total. The number of H-pyrrole nitrogens is 1. The van der Waals surface area contributed by atoms with E-state index in [-0.39, 0.29) is 23.6 Å². The molecule has 1 aliphatic heterocycles. The minimum Gasteiger partial charge on any atom is -0.507 e. The van der Waals surface area contributed by atoms with E-state index in [1.54, 1.807) is 50.9 Å². The second-order valence-electron chi connectivity index (χ2n) is 8.05. The molecule has 1 atom stereocenters. The van der Waals surface area contributed by atoms with Gasteiger partial charge in [-0.05, 0) is 37.5 Å². The number of aromatic amines is 1. The molecule has 0 radical (unpaired) electrons. The van der Waals surface area contributed by atoms with E-state index < -0.39 is 23.7 Å². The highest BCUT2D eigenvalue weighted by Crippen LogP contribution is 2.40. The summed E-state index contributed by atoms with van der Waals surface area (Å²) in [5.74, 6) is -2.41. The largest absolute Gasteiger partial charge is 0.507 e. The molecule has 176 valence electrons. The van der Waals surface area contributed by atoms with Crippen LogP contribution in [0, 0.1) is 13.8 Å². The van der Waals surface area contributed by atoms with E-state index in [9.17, 15) is 19.5 Å². The number of nitrogens with one attached hydrogen (secondary N) is 1. The Hall–Kier alpha value is -4.21. The van der Waals surface area contributed by atoms with E-state index in [0.717, 1.165) is 0 Å². The molecule has 3 aromatic heterocycles. The SMILES string of the molecule is COC(=O)c1[nH]c(C)c(/C(O)=C2\C(=O)C(=O)N(CCCn3ccnc3)C2c2cccnc2)c1C. The Bertz CT molecular complexity index is 1260. The molecule has 2 N–H and O–H groups in total. The van der Waals surface area contributed by atoms with Crippen molar-refractivity contribution in [3.8, 4) is 0 Å². The molecule has 1 saturated heterocycles. The van der Waals surface area contributed by atoms with E-state index in [0.29, 0.717) is 35.3 Å². The van der Waals surface area contributed by atoms with E-state index in [1.807, 2.05) is 10.8 Å². The molecule has 0 aliphatic carbocycles. The van der Waals surface area contributed by atoms with Gasteiger partial charge in [0.1, 0.15) is 11.5 Å². The number of hydrogen-bond donors (Lipinski definition) is 2. The van der Waals surface area contributed by atoms with Gasteiger partial charge in [-0.2, -0.15) is 0 Å². The molecule has 10 heteroatoms. The number of esters is 1. The Morgan fingerprint density at radius 1 is 1.21 bits per heavy atom. The van der Waals surface area contributed by atoms with Crippen LogP contribution in [0.5, 0.6) is 0 Å². The molecule has 1 amide bonds. The Balaban J connectivity index is 1.78. The molecule has 1 aliphatic rings. The lowest BCUT2D eigenvalue weighted by Crippen LogP contribution is -2.31. The summed E-state index contributed by atoms with van der Waals surface area (Å²) in [6.07, 6.45) is 8.92. The number of nitrogens with zero attached hydrogens (tertiary/aromatic N) is 4. The molecule has 0 bridgehead atoms. The highest BCUT2D eigenvalue weighted by molar-refractivity contribution is 6.46. The van der Waals surface area contributed by atoms with Crippen molar-refractivity contribution < 1.29 is 24.2 Å². The van der Waals surface area contributed by atoms with Crippen molar-refractivity contribution in [1.29, 1.82) is 0 Å². The Kier molecular flexibility index (Phi) is 6.31. The second-order valence-corrected chi connectivity index (χ2v) is 8.05. The molecular weight excluding hydrogens is 438 g/mol. The summed E-state index contributed by atoms with van der Waals surface area (Å²) in [6, 6.07) is 2.66. The Morgan fingerprint density at radius 2 is 2.00 bits per heavy atom. The predicted molar refractivity (Wildman–Crippen MR) is 122 cm³/mol. The first kappa shape index (κ1) is 23.0. The number of likely N-dealkylation sites (tertiary alicyclic amines) is 1. The van der Waals surface area contributed by atoms with E-state index in [4.69, 9.17) is 4.74 Å². The molecule has 4 heterocycles. The topological polar surface area (TPSA) is 130 Å². The number of amides is 1. The van der Waals surface area contributed by atoms with E-state index >= 15 is 0 Å². The number of carbonyl (C=O) groups excluding carboxylic acids is 3. The van der Waals surface area contributed by atoms with Gasteiger partial charge in [-0.3, -0.25) is 14.6 Å². The molecule has 0 aromatic carbocycles. The average Bonchev–Trinajstić information content (AvgIpc) is 3.52. The van der Waals surface area contributed by atoms with Crippen LogP contribution in [0.2, 0.25) is 0 Å². The fourth-order valence-corrected chi connectivity index (χ4v) is 4.38. The lowest BCUT2D eigenvalue weighted by Gasteiger charge is -2.25. The molecule has 1 unspecified atom stereocenters. The van der Waals surface area contributed by atoms with Gasteiger partial charge in [0.2, 0.25) is 0 Å². The van der Waals surface area contributed by atoms with Crippen LogP contribution in [-0.2, 0) is 20.9 Å². The Labute approximate surface area is 195 Å². The zero-order chi connectivity index (χ0) is 24.4. The van der Waals surface area contributed by atoms with Gasteiger partial charge in [-0.15, -0.1) is 0 Å². The van der Waals surface area contributed by atoms with Crippen LogP contribution >= 0.6 is 0 Å². The van der Waals surface area contributed by atoms with Crippen LogP contribution in [0.3, 0.4) is 0 Å². The third-order valence-corrected chi connectivity index (χ3v) is 5.98. The highest BCUT2D eigenvalue weighted by Gasteiger charge is 2.46. The number of ether oxygens (including phenoxy) is 1. The number of imidazole rings is 1. The third kappa shape index (κ3) is 3.98. The van der Waals surface area contributed by atoms with Crippen LogP contribution in [0.25, 0.3) is 5.76 Å². The van der Waals surface area contributed by atoms with Crippen LogP contribution in [0.15, 0.2) is 48.8 Å². The summed E-state index contributed by atoms with van der Waals surface area (Å²) in [7, 11) is 1.26. The van der Waals surface area contributed by atoms with Crippen molar-refractivity contribution in [1.82, 2.24) is 24.4 Å². The minimum atomic E-state index is -0.813. The van der Waals surface area contributed by atoms with Crippen LogP contribution < -0.4 is 0 Å². The number of aliphatic hydroxyl groups is 1. The van der Waals surface area contributed by atoms with Gasteiger partial charge in [-0.25, -0.2) is 9.78 Å². The number of aliphatic hydroxyl groups excluding tert-OH is 1. The maximum absolute atomic E-state index is 13.2. The van der Waals surface area contributed by atoms with Crippen molar-refractivity contribution >= 4 is 23.4 Å². The number of methoxy groups -OCH3 is 1. The smallest absolute Gasteiger partial charge is 0.354 e. The third-order valence-electron chi connectivity index (χ3n) is 5.98. The monoisotopic (exact) mass is 463 g/mol. The van der Waals surface area contributed by atoms with Gasteiger partial charge in [0.25, 0.3) is 11.7 Å². The maximum Gasteiger partial charge on any atom is 0.354 e. The average molecular weight is 463 g/mol. The molecule has 1 fully saturated rings. The minimum absolute atomic E-state index is 0.0396. The van der Waals surface area contributed by atoms with Gasteiger partial charge in [-0.1, -0.05) is 6.07 Å². The van der Waals surface area contributed by atoms with Crippen molar-refractivity contribution in [2.24, 2.45) is 0 Å². The van der Waals surface area contributed by atoms with Gasteiger partial charge < -0.3 is 24.3 Å². The summed E-state index contributed by atoms with van der Waals surface area (Å²) in [6.45, 7) is 4.22. The predicted octanol–water partition coefficient (Wildman–Crippen LogP) is 2.52. The lowest BCUT2D eigenvalue weighted by molar-refractivity contribution is -0.139. The van der Waals surface area contributed by atoms with Crippen LogP contribution in [-0.4, -0.2) is 60.8 Å². The number of ketones is 1. The zero-order valence-electron chi connectivity index (χ0n) is 19.1. The molecule has 0 saturated carbocycles. The Morgan fingerprint density at radius 3 is 2.65 bits per heavy atom. The van der Waals surface area contributed by atoms with Crippen molar-refractivity contribution in [2.45, 2.75) is 32.9 Å². The molecule has 3 aromatic rings. The van der Waals surface area contributed by atoms with Gasteiger partial charge >= 0.3 is 5.97 Å². The standard InChI is InChI=1S/C24H25N5O5/c1-14-17(15(2)27-19(14)24(33)34-3)21(30)18-20(16-6-4-7-25-12-16)29(23(32)22(18)31)10-5-9-28-11-8-26-13-28/h4,6-8,11-13,20,27,30H,5,9-10H2,1-3H3/b21-18+. The van der Waals surface area contributed by atoms with Gasteiger partial charge in [0.15, 0.2) is 0 Å². The first-order valence-corrected chi connectivity index (χ1v) is 10.8. The first-order chi connectivity index (χ1) is 16.3. The fourth-order valence-electron chi connectivity index (χ4n) is 4.38. The number of rotatable bonds is 7. The first-order valence-electron chi connectivity index (χ1n) is 10.8. The highest BCUT2D eigenvalue weighted by atomic mass is 16.5. The lowest BCUT2D eigenvalue weighted by atomic mass is 9.95. The number of carbonyl (C=O) groups is 3. The molecular formula is C24H25N5O5. The summed E-state index contributed by atoms with van der Waals surface area (Å²) >= 11 is 0. The molecule has 34 heavy (non-hydrogen) atoms. The van der Waals surface area contributed by atoms with Crippen molar-refractivity contribution in [3.63, 3.8) is 0 Å². The van der Waals surface area contributed by atoms with Crippen molar-refractivity contribution in [2.75, 3.05) is 13.7 Å². The number of pyridine rings is 1. The van der Waals surface area contributed by atoms with Crippen molar-refractivity contribution in [3.05, 3.63) is 76.9 Å². The summed E-state index contributed by atoms with van der Waals surface area (Å²) in [5, 5.41) is 11.3. The second kappa shape index (κ2) is 9.34. The summed E-state index contributed by atoms with van der Waals surface area (Å²) in [5.41, 5.74) is 1.94. The summed E-state index contributed by atoms with van der Waals surface area (Å²) < 4.78 is 6.68. The van der Waals surface area contributed by atoms with E-state index in [2.05, 4.69) is 15.0 Å². The number of aromatic nitrogens is 4. The van der Waals surface area contributed by atoms with Gasteiger partial charge in [0.05, 0.1) is 25.1 Å². The van der Waals surface area contributed by atoms with Gasteiger partial charge in [0, 0.05) is 49.1 Å². The quantitative estimate of drug-likeness (QED) is 0.238. The summed E-state index contributed by atoms with van der Waals surface area (Å²) in [4.78, 5) is 50.9. The van der Waals surface area contributed by atoms with Crippen LogP contribution in [0.1, 0.15) is 45.3 Å². The normalized spacial score (nSPS) is 17.4. The zero-order valence-corrected chi connectivity index (χ0v) is 19.1. The number of hydrogen-bond acceptors (Lipinski definition) is 7. The number of Topliss-reactive ketones (excluding diaryl/α,β-unsaturated/α-hetero) is 1. The van der Waals surface area contributed by atoms with Crippen LogP contribution in [0.4, 0.5) is 0 Å². The maximum atomic E-state index is 13.2. The fraction of sp³-hybridized carbons (Fsp3) is 0.292. The molecule has 4 rings (SSSR count). The number of aryl methyl sites for hydroxylation is 2. The molecule has 0 spiro atoms.